The second kappa shape index (κ2) is 7.96. The van der Waals surface area contributed by atoms with Crippen molar-refractivity contribution in [2.24, 2.45) is 0 Å². The first-order valence-corrected chi connectivity index (χ1v) is 4.50. The van der Waals surface area contributed by atoms with Crippen LogP contribution in [-0.2, 0) is 0 Å². The minimum atomic E-state index is 0.806. The average molecular weight is 183 g/mol. The Balaban J connectivity index is 0.000000292. The number of hydrogen-bond donors (Lipinski definition) is 0. The summed E-state index contributed by atoms with van der Waals surface area (Å²) in [5.74, 6) is 5.01. The van der Waals surface area contributed by atoms with Gasteiger partial charge in [0.2, 0.25) is 0 Å². The van der Waals surface area contributed by atoms with Gasteiger partial charge in [-0.3, -0.25) is 0 Å². The van der Waals surface area contributed by atoms with Crippen molar-refractivity contribution in [3.05, 3.63) is 42.3 Å². The minimum Gasteiger partial charge on any atom is -0.120 e. The Bertz CT molecular complexity index is 317. The fourth-order valence-electron chi connectivity index (χ4n) is 0.752. The Labute approximate surface area is 87.4 Å². The van der Waals surface area contributed by atoms with Gasteiger partial charge in [-0.05, 0) is 25.5 Å². The molecule has 0 aliphatic heterocycles. The largest absolute Gasteiger partial charge is 0.120 e. The maximum atomic E-state index is 5.15. The normalized spacial score (nSPS) is 7.71. The maximum Gasteiger partial charge on any atom is 0.0242 e. The van der Waals surface area contributed by atoms with E-state index in [1.54, 1.807) is 0 Å². The number of aryl methyl sites for hydroxylation is 1. The second-order valence-corrected chi connectivity index (χ2v) is 2.82. The Hall–Kier alpha value is -1.66. The third-order valence-corrected chi connectivity index (χ3v) is 1.54. The van der Waals surface area contributed by atoms with Gasteiger partial charge in [-0.1, -0.05) is 30.5 Å². The molecule has 0 nitrogen and oxygen atoms in total. The molecule has 0 bridgehead atoms. The van der Waals surface area contributed by atoms with Crippen LogP contribution in [-0.4, -0.2) is 0 Å². The lowest BCUT2D eigenvalue weighted by Gasteiger charge is -1.89. The molecule has 0 aliphatic rings. The quantitative estimate of drug-likeness (QED) is 0.586. The van der Waals surface area contributed by atoms with E-state index >= 15 is 0 Å². The van der Waals surface area contributed by atoms with E-state index in [2.05, 4.69) is 18.8 Å². The molecule has 0 heteroatoms. The van der Waals surface area contributed by atoms with Gasteiger partial charge in [-0.25, -0.2) is 0 Å². The van der Waals surface area contributed by atoms with Crippen LogP contribution in [0.1, 0.15) is 24.0 Å². The molecule has 0 saturated carbocycles. The molecule has 0 unspecified atom stereocenters. The first-order chi connectivity index (χ1) is 6.74. The van der Waals surface area contributed by atoms with Gasteiger partial charge < -0.3 is 0 Å². The van der Waals surface area contributed by atoms with E-state index in [9.17, 15) is 0 Å². The summed E-state index contributed by atoms with van der Waals surface area (Å²) in [4.78, 5) is 0. The summed E-state index contributed by atoms with van der Waals surface area (Å²) < 4.78 is 0. The highest BCUT2D eigenvalue weighted by atomic mass is 13.9. The molecule has 0 atom stereocenters. The molecule has 14 heavy (non-hydrogen) atoms. The molecular formula is C14H15. The molecule has 0 amide bonds. The number of terminal acetylenes is 2. The minimum absolute atomic E-state index is 0.806. The number of benzene rings is 1. The molecule has 0 fully saturated rings. The molecule has 0 heterocycles. The van der Waals surface area contributed by atoms with Crippen LogP contribution < -0.4 is 0 Å². The van der Waals surface area contributed by atoms with Crippen LogP contribution in [0.15, 0.2) is 24.3 Å². The van der Waals surface area contributed by atoms with Crippen molar-refractivity contribution in [2.75, 3.05) is 0 Å². The molecule has 0 aromatic heterocycles. The van der Waals surface area contributed by atoms with Gasteiger partial charge in [0.1, 0.15) is 0 Å². The highest BCUT2D eigenvalue weighted by molar-refractivity contribution is 5.33. The molecule has 1 radical (unpaired) electrons. The smallest absolute Gasteiger partial charge is 0.0242 e. The highest BCUT2D eigenvalue weighted by Crippen LogP contribution is 1.99. The standard InChI is InChI=1S/C9H8.C5H7/c1-3-9-6-4-8(2)5-7-9;1-3-5-4-2/h1,4-7H,2H3;1H,2,4-5H2. The zero-order valence-electron chi connectivity index (χ0n) is 8.59. The van der Waals surface area contributed by atoms with Crippen molar-refractivity contribution in [3.8, 4) is 24.7 Å². The van der Waals surface area contributed by atoms with Crippen molar-refractivity contribution < 1.29 is 0 Å². The molecule has 1 rings (SSSR count). The van der Waals surface area contributed by atoms with Crippen LogP contribution in [0.25, 0.3) is 0 Å². The van der Waals surface area contributed by atoms with Gasteiger partial charge in [0.05, 0.1) is 0 Å². The van der Waals surface area contributed by atoms with Crippen LogP contribution in [0.4, 0.5) is 0 Å². The summed E-state index contributed by atoms with van der Waals surface area (Å²) >= 11 is 0. The average Bonchev–Trinajstić information content (AvgIpc) is 2.21. The van der Waals surface area contributed by atoms with E-state index in [1.807, 2.05) is 31.2 Å². The molecule has 0 saturated heterocycles. The van der Waals surface area contributed by atoms with Crippen LogP contribution in [0, 0.1) is 38.5 Å². The number of rotatable bonds is 1. The van der Waals surface area contributed by atoms with E-state index in [0.29, 0.717) is 0 Å². The molecule has 1 aromatic carbocycles. The lowest BCUT2D eigenvalue weighted by molar-refractivity contribution is 1.08. The van der Waals surface area contributed by atoms with Crippen molar-refractivity contribution >= 4 is 0 Å². The third kappa shape index (κ3) is 5.92. The summed E-state index contributed by atoms with van der Waals surface area (Å²) in [6.45, 7) is 5.57. The van der Waals surface area contributed by atoms with Crippen LogP contribution in [0.3, 0.4) is 0 Å². The fourth-order valence-corrected chi connectivity index (χ4v) is 0.752. The predicted octanol–water partition coefficient (Wildman–Crippen LogP) is 3.21. The van der Waals surface area contributed by atoms with Gasteiger partial charge in [0.25, 0.3) is 0 Å². The topological polar surface area (TPSA) is 0 Å². The zero-order valence-corrected chi connectivity index (χ0v) is 8.59. The number of unbranched alkanes of at least 4 members (excludes halogenated alkanes) is 1. The van der Waals surface area contributed by atoms with E-state index in [4.69, 9.17) is 12.8 Å². The van der Waals surface area contributed by atoms with Gasteiger partial charge in [-0.15, -0.1) is 18.8 Å². The van der Waals surface area contributed by atoms with Gasteiger partial charge >= 0.3 is 0 Å². The van der Waals surface area contributed by atoms with Crippen molar-refractivity contribution in [3.63, 3.8) is 0 Å². The molecular weight excluding hydrogens is 168 g/mol. The summed E-state index contributed by atoms with van der Waals surface area (Å²) in [6.07, 6.45) is 11.7. The maximum absolute atomic E-state index is 5.15. The molecule has 0 N–H and O–H groups in total. The van der Waals surface area contributed by atoms with E-state index in [0.717, 1.165) is 18.4 Å². The Morgan fingerprint density at radius 3 is 2.07 bits per heavy atom. The van der Waals surface area contributed by atoms with E-state index in [-0.39, 0.29) is 0 Å². The molecule has 1 aromatic rings. The van der Waals surface area contributed by atoms with E-state index < -0.39 is 0 Å². The Morgan fingerprint density at radius 1 is 1.21 bits per heavy atom. The summed E-state index contributed by atoms with van der Waals surface area (Å²) in [7, 11) is 0. The van der Waals surface area contributed by atoms with Crippen LogP contribution in [0.2, 0.25) is 0 Å². The SMILES string of the molecule is C#CCC[CH2].C#Cc1ccc(C)cc1. The summed E-state index contributed by atoms with van der Waals surface area (Å²) in [5, 5.41) is 0. The van der Waals surface area contributed by atoms with Gasteiger partial charge in [-0.2, -0.15) is 0 Å². The zero-order chi connectivity index (χ0) is 10.8. The second-order valence-electron chi connectivity index (χ2n) is 2.82. The number of hydrogen-bond acceptors (Lipinski definition) is 0. The van der Waals surface area contributed by atoms with Crippen LogP contribution in [0.5, 0.6) is 0 Å². The van der Waals surface area contributed by atoms with Crippen molar-refractivity contribution in [2.45, 2.75) is 19.8 Å². The Morgan fingerprint density at radius 2 is 1.79 bits per heavy atom. The Kier molecular flexibility index (Phi) is 7.02. The fraction of sp³-hybridized carbons (Fsp3) is 0.214. The first-order valence-electron chi connectivity index (χ1n) is 4.50. The highest BCUT2D eigenvalue weighted by Gasteiger charge is 1.82. The monoisotopic (exact) mass is 183 g/mol. The van der Waals surface area contributed by atoms with Gasteiger partial charge in [0.15, 0.2) is 0 Å². The summed E-state index contributed by atoms with van der Waals surface area (Å²) in [5.41, 5.74) is 2.19. The van der Waals surface area contributed by atoms with E-state index in [1.165, 1.54) is 5.56 Å². The lowest BCUT2D eigenvalue weighted by Crippen LogP contribution is -1.72. The first kappa shape index (κ1) is 12.3. The predicted molar refractivity (Wildman–Crippen MR) is 62.5 cm³/mol. The summed E-state index contributed by atoms with van der Waals surface area (Å²) in [6, 6.07) is 7.90. The third-order valence-electron chi connectivity index (χ3n) is 1.54. The molecule has 71 valence electrons. The van der Waals surface area contributed by atoms with Gasteiger partial charge in [0, 0.05) is 12.0 Å². The van der Waals surface area contributed by atoms with Crippen LogP contribution >= 0.6 is 0 Å². The van der Waals surface area contributed by atoms with Crippen molar-refractivity contribution in [1.29, 1.82) is 0 Å². The molecule has 0 spiro atoms. The molecule has 0 aliphatic carbocycles. The van der Waals surface area contributed by atoms with Crippen molar-refractivity contribution in [1.82, 2.24) is 0 Å². The lowest BCUT2D eigenvalue weighted by atomic mass is 10.2.